The quantitative estimate of drug-likeness (QED) is 0.587. The van der Waals surface area contributed by atoms with Gasteiger partial charge in [0.2, 0.25) is 5.82 Å². The molecule has 134 valence electrons. The Bertz CT molecular complexity index is 903. The SMILES string of the molecule is CC(C)c1ccc(-c2noc(COC(=O)c3c(F)cccc3Cl)n2)cc1. The average Bonchev–Trinajstić information content (AvgIpc) is 3.09. The predicted molar refractivity (Wildman–Crippen MR) is 94.4 cm³/mol. The first-order valence-corrected chi connectivity index (χ1v) is 8.37. The summed E-state index contributed by atoms with van der Waals surface area (Å²) in [6, 6.07) is 11.7. The van der Waals surface area contributed by atoms with Crippen molar-refractivity contribution >= 4 is 17.6 Å². The lowest BCUT2D eigenvalue weighted by Gasteiger charge is -2.05. The van der Waals surface area contributed by atoms with Crippen LogP contribution in [0.1, 0.15) is 41.6 Å². The van der Waals surface area contributed by atoms with Gasteiger partial charge in [0.15, 0.2) is 6.61 Å². The molecule has 0 aliphatic carbocycles. The summed E-state index contributed by atoms with van der Waals surface area (Å²) >= 11 is 5.83. The molecule has 26 heavy (non-hydrogen) atoms. The van der Waals surface area contributed by atoms with E-state index in [1.54, 1.807) is 0 Å². The number of benzene rings is 2. The smallest absolute Gasteiger partial charge is 0.343 e. The number of halogens is 2. The Balaban J connectivity index is 1.68. The molecule has 7 heteroatoms. The number of esters is 1. The van der Waals surface area contributed by atoms with E-state index < -0.39 is 11.8 Å². The predicted octanol–water partition coefficient (Wildman–Crippen LogP) is 5.01. The molecule has 3 aromatic rings. The van der Waals surface area contributed by atoms with Crippen LogP contribution in [0.4, 0.5) is 4.39 Å². The van der Waals surface area contributed by atoms with E-state index in [0.717, 1.165) is 11.6 Å². The van der Waals surface area contributed by atoms with Gasteiger partial charge in [0.1, 0.15) is 11.4 Å². The summed E-state index contributed by atoms with van der Waals surface area (Å²) in [6.45, 7) is 3.94. The molecule has 0 amide bonds. The van der Waals surface area contributed by atoms with Crippen molar-refractivity contribution in [1.82, 2.24) is 10.1 Å². The van der Waals surface area contributed by atoms with Gasteiger partial charge >= 0.3 is 5.97 Å². The second-order valence-corrected chi connectivity index (χ2v) is 6.37. The Hall–Kier alpha value is -2.73. The molecule has 0 unspecified atom stereocenters. The fraction of sp³-hybridized carbons (Fsp3) is 0.211. The van der Waals surface area contributed by atoms with Crippen molar-refractivity contribution in [3.05, 3.63) is 70.3 Å². The van der Waals surface area contributed by atoms with Gasteiger partial charge in [-0.15, -0.1) is 0 Å². The Morgan fingerprint density at radius 1 is 1.23 bits per heavy atom. The van der Waals surface area contributed by atoms with Crippen molar-refractivity contribution < 1.29 is 18.4 Å². The summed E-state index contributed by atoms with van der Waals surface area (Å²) in [5.74, 6) is -0.730. The highest BCUT2D eigenvalue weighted by Crippen LogP contribution is 2.22. The number of rotatable bonds is 5. The second kappa shape index (κ2) is 7.66. The van der Waals surface area contributed by atoms with E-state index in [0.29, 0.717) is 11.7 Å². The van der Waals surface area contributed by atoms with E-state index in [2.05, 4.69) is 24.0 Å². The zero-order valence-corrected chi connectivity index (χ0v) is 15.0. The van der Waals surface area contributed by atoms with Crippen LogP contribution in [0.25, 0.3) is 11.4 Å². The van der Waals surface area contributed by atoms with Crippen LogP contribution in [0.2, 0.25) is 5.02 Å². The number of ether oxygens (including phenoxy) is 1. The minimum Gasteiger partial charge on any atom is -0.452 e. The summed E-state index contributed by atoms with van der Waals surface area (Å²) in [5.41, 5.74) is 1.67. The molecule has 0 N–H and O–H groups in total. The van der Waals surface area contributed by atoms with Gasteiger partial charge in [-0.05, 0) is 23.6 Å². The minimum absolute atomic E-state index is 0.0218. The van der Waals surface area contributed by atoms with Crippen LogP contribution in [0.3, 0.4) is 0 Å². The molecule has 1 heterocycles. The first-order valence-electron chi connectivity index (χ1n) is 7.99. The first kappa shape index (κ1) is 18.1. The topological polar surface area (TPSA) is 65.2 Å². The summed E-state index contributed by atoms with van der Waals surface area (Å²) < 4.78 is 23.8. The van der Waals surface area contributed by atoms with Gasteiger partial charge in [-0.2, -0.15) is 4.98 Å². The summed E-state index contributed by atoms with van der Waals surface area (Å²) in [5, 5.41) is 3.85. The molecule has 1 aromatic heterocycles. The zero-order chi connectivity index (χ0) is 18.7. The molecule has 5 nitrogen and oxygen atoms in total. The molecule has 0 aliphatic heterocycles. The van der Waals surface area contributed by atoms with Crippen LogP contribution in [-0.2, 0) is 11.3 Å². The molecule has 0 saturated heterocycles. The van der Waals surface area contributed by atoms with E-state index in [-0.39, 0.29) is 23.1 Å². The van der Waals surface area contributed by atoms with Crippen LogP contribution in [-0.4, -0.2) is 16.1 Å². The van der Waals surface area contributed by atoms with Crippen molar-refractivity contribution in [3.8, 4) is 11.4 Å². The van der Waals surface area contributed by atoms with Gasteiger partial charge in [0, 0.05) is 5.56 Å². The van der Waals surface area contributed by atoms with Gasteiger partial charge in [-0.1, -0.05) is 60.9 Å². The fourth-order valence-corrected chi connectivity index (χ4v) is 2.58. The number of carbonyl (C=O) groups excluding carboxylic acids is 1. The highest BCUT2D eigenvalue weighted by atomic mass is 35.5. The van der Waals surface area contributed by atoms with Crippen LogP contribution in [0, 0.1) is 5.82 Å². The maximum atomic E-state index is 13.7. The monoisotopic (exact) mass is 374 g/mol. The number of hydrogen-bond donors (Lipinski definition) is 0. The van der Waals surface area contributed by atoms with Gasteiger partial charge in [-0.3, -0.25) is 0 Å². The number of aromatic nitrogens is 2. The Morgan fingerprint density at radius 3 is 2.62 bits per heavy atom. The van der Waals surface area contributed by atoms with E-state index >= 15 is 0 Å². The summed E-state index contributed by atoms with van der Waals surface area (Å²) in [4.78, 5) is 16.2. The van der Waals surface area contributed by atoms with Gasteiger partial charge in [0.25, 0.3) is 5.89 Å². The van der Waals surface area contributed by atoms with E-state index in [1.165, 1.54) is 17.7 Å². The lowest BCUT2D eigenvalue weighted by atomic mass is 10.0. The van der Waals surface area contributed by atoms with Crippen LogP contribution in [0.15, 0.2) is 47.0 Å². The van der Waals surface area contributed by atoms with Gasteiger partial charge in [-0.25, -0.2) is 9.18 Å². The minimum atomic E-state index is -0.894. The molecular formula is C19H16ClFN2O3. The molecule has 0 saturated carbocycles. The van der Waals surface area contributed by atoms with Crippen LogP contribution < -0.4 is 0 Å². The number of carbonyl (C=O) groups is 1. The highest BCUT2D eigenvalue weighted by Gasteiger charge is 2.19. The van der Waals surface area contributed by atoms with Crippen molar-refractivity contribution in [2.75, 3.05) is 0 Å². The van der Waals surface area contributed by atoms with Crippen LogP contribution in [0.5, 0.6) is 0 Å². The normalized spacial score (nSPS) is 11.0. The van der Waals surface area contributed by atoms with Crippen molar-refractivity contribution in [1.29, 1.82) is 0 Å². The first-order chi connectivity index (χ1) is 12.5. The number of hydrogen-bond acceptors (Lipinski definition) is 5. The number of nitrogens with zero attached hydrogens (tertiary/aromatic N) is 2. The molecule has 3 rings (SSSR count). The molecule has 0 spiro atoms. The second-order valence-electron chi connectivity index (χ2n) is 5.96. The zero-order valence-electron chi connectivity index (χ0n) is 14.2. The van der Waals surface area contributed by atoms with Crippen molar-refractivity contribution in [2.24, 2.45) is 0 Å². The highest BCUT2D eigenvalue weighted by molar-refractivity contribution is 6.33. The fourth-order valence-electron chi connectivity index (χ4n) is 2.34. The standard InChI is InChI=1S/C19H16ClFN2O3/c1-11(2)12-6-8-13(9-7-12)18-22-16(26-23-18)10-25-19(24)17-14(20)4-3-5-15(17)21/h3-9,11H,10H2,1-2H3. The Morgan fingerprint density at radius 2 is 1.96 bits per heavy atom. The molecule has 0 bridgehead atoms. The third-order valence-electron chi connectivity index (χ3n) is 3.80. The molecule has 0 atom stereocenters. The maximum Gasteiger partial charge on any atom is 0.343 e. The lowest BCUT2D eigenvalue weighted by molar-refractivity contribution is 0.0424. The summed E-state index contributed by atoms with van der Waals surface area (Å²) in [7, 11) is 0. The Kier molecular flexibility index (Phi) is 5.32. The van der Waals surface area contributed by atoms with Crippen molar-refractivity contribution in [2.45, 2.75) is 26.4 Å². The summed E-state index contributed by atoms with van der Waals surface area (Å²) in [6.07, 6.45) is 0. The van der Waals surface area contributed by atoms with E-state index in [4.69, 9.17) is 20.9 Å². The third-order valence-corrected chi connectivity index (χ3v) is 4.11. The molecule has 0 radical (unpaired) electrons. The molecule has 0 fully saturated rings. The largest absolute Gasteiger partial charge is 0.452 e. The van der Waals surface area contributed by atoms with Gasteiger partial charge in [0.05, 0.1) is 5.02 Å². The molecule has 2 aromatic carbocycles. The molecular weight excluding hydrogens is 359 g/mol. The van der Waals surface area contributed by atoms with Crippen LogP contribution >= 0.6 is 11.6 Å². The lowest BCUT2D eigenvalue weighted by Crippen LogP contribution is -2.08. The third kappa shape index (κ3) is 3.91. The van der Waals surface area contributed by atoms with Crippen molar-refractivity contribution in [3.63, 3.8) is 0 Å². The average molecular weight is 375 g/mol. The van der Waals surface area contributed by atoms with E-state index in [1.807, 2.05) is 24.3 Å². The van der Waals surface area contributed by atoms with Gasteiger partial charge < -0.3 is 9.26 Å². The Labute approximate surface area is 154 Å². The molecule has 0 aliphatic rings. The van der Waals surface area contributed by atoms with E-state index in [9.17, 15) is 9.18 Å². The maximum absolute atomic E-state index is 13.7.